The highest BCUT2D eigenvalue weighted by atomic mass is 16.6. The molecule has 0 aromatic heterocycles. The van der Waals surface area contributed by atoms with Gasteiger partial charge in [0.2, 0.25) is 0 Å². The van der Waals surface area contributed by atoms with Gasteiger partial charge < -0.3 is 4.74 Å². The van der Waals surface area contributed by atoms with Crippen LogP contribution in [0.3, 0.4) is 0 Å². The third-order valence-corrected chi connectivity index (χ3v) is 3.51. The summed E-state index contributed by atoms with van der Waals surface area (Å²) in [6.45, 7) is 2.11. The van der Waals surface area contributed by atoms with Gasteiger partial charge in [-0.25, -0.2) is 0 Å². The van der Waals surface area contributed by atoms with Crippen LogP contribution in [0, 0.1) is 10.1 Å². The summed E-state index contributed by atoms with van der Waals surface area (Å²) in [5.41, 5.74) is 1.38. The van der Waals surface area contributed by atoms with Crippen LogP contribution < -0.4 is 4.74 Å². The molecule has 2 rings (SSSR count). The van der Waals surface area contributed by atoms with E-state index in [0.717, 1.165) is 12.8 Å². The van der Waals surface area contributed by atoms with Crippen LogP contribution in [0.5, 0.6) is 5.75 Å². The van der Waals surface area contributed by atoms with Crippen molar-refractivity contribution >= 4 is 11.5 Å². The smallest absolute Gasteiger partial charge is 0.311 e. The minimum absolute atomic E-state index is 0.122. The molecule has 0 saturated heterocycles. The van der Waals surface area contributed by atoms with Crippen molar-refractivity contribution in [3.8, 4) is 5.75 Å². The Balaban J connectivity index is 1.99. The molecule has 0 atom stereocenters. The van der Waals surface area contributed by atoms with Crippen molar-refractivity contribution in [2.24, 2.45) is 0 Å². The fourth-order valence-corrected chi connectivity index (χ4v) is 2.26. The molecule has 2 aromatic rings. The van der Waals surface area contributed by atoms with E-state index in [9.17, 15) is 14.9 Å². The first-order valence-corrected chi connectivity index (χ1v) is 7.60. The Morgan fingerprint density at radius 3 is 2.57 bits per heavy atom. The largest absolute Gasteiger partial charge is 0.487 e. The zero-order valence-electron chi connectivity index (χ0n) is 13.0. The van der Waals surface area contributed by atoms with Crippen LogP contribution in [-0.2, 0) is 6.42 Å². The molecular weight excluding hydrogens is 294 g/mol. The highest BCUT2D eigenvalue weighted by molar-refractivity contribution is 5.96. The van der Waals surface area contributed by atoms with E-state index in [1.807, 2.05) is 30.3 Å². The lowest BCUT2D eigenvalue weighted by molar-refractivity contribution is -0.385. The monoisotopic (exact) mass is 313 g/mol. The lowest BCUT2D eigenvalue weighted by Crippen LogP contribution is -2.04. The molecule has 23 heavy (non-hydrogen) atoms. The number of benzene rings is 2. The van der Waals surface area contributed by atoms with Crippen molar-refractivity contribution in [2.75, 3.05) is 6.61 Å². The lowest BCUT2D eigenvalue weighted by Gasteiger charge is -2.08. The van der Waals surface area contributed by atoms with Gasteiger partial charge in [-0.3, -0.25) is 14.9 Å². The third-order valence-electron chi connectivity index (χ3n) is 3.51. The number of hydrogen-bond donors (Lipinski definition) is 0. The number of rotatable bonds is 8. The van der Waals surface area contributed by atoms with E-state index in [-0.39, 0.29) is 17.2 Å². The second kappa shape index (κ2) is 8.08. The molecule has 0 saturated carbocycles. The second-order valence-corrected chi connectivity index (χ2v) is 5.15. The molecule has 0 heterocycles. The fourth-order valence-electron chi connectivity index (χ4n) is 2.26. The molecule has 2 aromatic carbocycles. The molecule has 0 radical (unpaired) electrons. The fraction of sp³-hybridized carbons (Fsp3) is 0.278. The van der Waals surface area contributed by atoms with Crippen LogP contribution >= 0.6 is 0 Å². The Bertz CT molecular complexity index is 683. The van der Waals surface area contributed by atoms with Crippen LogP contribution in [-0.4, -0.2) is 17.3 Å². The molecular formula is C18H19NO4. The minimum Gasteiger partial charge on any atom is -0.487 e. The topological polar surface area (TPSA) is 69.4 Å². The number of hydrogen-bond acceptors (Lipinski definition) is 4. The van der Waals surface area contributed by atoms with Gasteiger partial charge in [-0.05, 0) is 30.5 Å². The predicted molar refractivity (Wildman–Crippen MR) is 88.0 cm³/mol. The maximum Gasteiger partial charge on any atom is 0.311 e. The van der Waals surface area contributed by atoms with Crippen LogP contribution in [0.1, 0.15) is 35.7 Å². The van der Waals surface area contributed by atoms with Crippen LogP contribution in [0.15, 0.2) is 48.5 Å². The number of Topliss-reactive ketones (excluding diaryl/α,β-unsaturated/α-hetero) is 1. The van der Waals surface area contributed by atoms with Crippen molar-refractivity contribution in [3.63, 3.8) is 0 Å². The van der Waals surface area contributed by atoms with E-state index in [1.54, 1.807) is 13.0 Å². The molecule has 0 unspecified atom stereocenters. The Morgan fingerprint density at radius 2 is 1.91 bits per heavy atom. The molecule has 0 spiro atoms. The third kappa shape index (κ3) is 4.64. The molecule has 0 amide bonds. The van der Waals surface area contributed by atoms with E-state index < -0.39 is 4.92 Å². The van der Waals surface area contributed by atoms with Crippen LogP contribution in [0.2, 0.25) is 0 Å². The average Bonchev–Trinajstić information content (AvgIpc) is 2.58. The van der Waals surface area contributed by atoms with Crippen LogP contribution in [0.4, 0.5) is 5.69 Å². The zero-order chi connectivity index (χ0) is 16.7. The average molecular weight is 313 g/mol. The van der Waals surface area contributed by atoms with E-state index >= 15 is 0 Å². The normalized spacial score (nSPS) is 10.3. The highest BCUT2D eigenvalue weighted by Gasteiger charge is 2.18. The van der Waals surface area contributed by atoms with E-state index in [0.29, 0.717) is 18.6 Å². The Labute approximate surface area is 135 Å². The molecule has 5 nitrogen and oxygen atoms in total. The predicted octanol–water partition coefficient (Wildman–Crippen LogP) is 4.20. The molecule has 0 bridgehead atoms. The summed E-state index contributed by atoms with van der Waals surface area (Å²) in [5, 5.41) is 11.2. The number of nitrogens with zero attached hydrogens (tertiary/aromatic N) is 1. The summed E-state index contributed by atoms with van der Waals surface area (Å²) in [6, 6.07) is 14.4. The molecule has 0 aliphatic carbocycles. The number of ether oxygens (including phenoxy) is 1. The van der Waals surface area contributed by atoms with Crippen molar-refractivity contribution in [3.05, 3.63) is 69.8 Å². The van der Waals surface area contributed by atoms with Gasteiger partial charge in [0.05, 0.1) is 11.5 Å². The molecule has 120 valence electrons. The summed E-state index contributed by atoms with van der Waals surface area (Å²) >= 11 is 0. The van der Waals surface area contributed by atoms with Gasteiger partial charge in [-0.1, -0.05) is 37.3 Å². The number of carbonyl (C=O) groups excluding carboxylic acids is 1. The number of nitro benzene ring substituents is 1. The van der Waals surface area contributed by atoms with Crippen molar-refractivity contribution in [2.45, 2.75) is 26.2 Å². The van der Waals surface area contributed by atoms with Gasteiger partial charge in [0.1, 0.15) is 0 Å². The minimum atomic E-state index is -0.515. The van der Waals surface area contributed by atoms with Crippen molar-refractivity contribution in [1.29, 1.82) is 0 Å². The summed E-state index contributed by atoms with van der Waals surface area (Å²) in [6.07, 6.45) is 1.92. The molecule has 0 aliphatic heterocycles. The SMILES string of the molecule is CCC(=O)c1ccc(OCCCc2ccccc2)c([N+](=O)[O-])c1. The van der Waals surface area contributed by atoms with E-state index in [2.05, 4.69) is 0 Å². The molecule has 0 N–H and O–H groups in total. The summed E-state index contributed by atoms with van der Waals surface area (Å²) < 4.78 is 5.54. The second-order valence-electron chi connectivity index (χ2n) is 5.15. The first kappa shape index (κ1) is 16.7. The Morgan fingerprint density at radius 1 is 1.17 bits per heavy atom. The maximum absolute atomic E-state index is 11.7. The van der Waals surface area contributed by atoms with Gasteiger partial charge in [0.15, 0.2) is 11.5 Å². The first-order chi connectivity index (χ1) is 11.1. The Hall–Kier alpha value is -2.69. The van der Waals surface area contributed by atoms with Gasteiger partial charge in [-0.15, -0.1) is 0 Å². The zero-order valence-corrected chi connectivity index (χ0v) is 13.0. The number of nitro groups is 1. The lowest BCUT2D eigenvalue weighted by atomic mass is 10.1. The van der Waals surface area contributed by atoms with Crippen LogP contribution in [0.25, 0.3) is 0 Å². The summed E-state index contributed by atoms with van der Waals surface area (Å²) in [7, 11) is 0. The van der Waals surface area contributed by atoms with Crippen molar-refractivity contribution in [1.82, 2.24) is 0 Å². The van der Waals surface area contributed by atoms with Gasteiger partial charge in [0.25, 0.3) is 0 Å². The van der Waals surface area contributed by atoms with Crippen molar-refractivity contribution < 1.29 is 14.5 Å². The molecule has 0 aliphatic rings. The van der Waals surface area contributed by atoms with Gasteiger partial charge >= 0.3 is 5.69 Å². The number of ketones is 1. The van der Waals surface area contributed by atoms with E-state index in [1.165, 1.54) is 17.7 Å². The summed E-state index contributed by atoms with van der Waals surface area (Å²) in [4.78, 5) is 22.3. The van der Waals surface area contributed by atoms with Gasteiger partial charge in [-0.2, -0.15) is 0 Å². The Kier molecular flexibility index (Phi) is 5.86. The standard InChI is InChI=1S/C18H19NO4/c1-2-17(20)15-10-11-18(16(13-15)19(21)22)23-12-6-9-14-7-4-3-5-8-14/h3-5,7-8,10-11,13H,2,6,9,12H2,1H3. The molecule has 5 heteroatoms. The number of aryl methyl sites for hydroxylation is 1. The highest BCUT2D eigenvalue weighted by Crippen LogP contribution is 2.28. The first-order valence-electron chi connectivity index (χ1n) is 7.60. The van der Waals surface area contributed by atoms with E-state index in [4.69, 9.17) is 4.74 Å². The summed E-state index contributed by atoms with van der Waals surface area (Å²) in [5.74, 6) is 0.0828. The van der Waals surface area contributed by atoms with Gasteiger partial charge in [0, 0.05) is 18.1 Å². The molecule has 0 fully saturated rings. The quantitative estimate of drug-likeness (QED) is 0.317. The number of carbonyl (C=O) groups is 1. The maximum atomic E-state index is 11.7.